The van der Waals surface area contributed by atoms with Crippen LogP contribution in [0.3, 0.4) is 0 Å². The van der Waals surface area contributed by atoms with Crippen molar-refractivity contribution in [1.29, 1.82) is 0 Å². The summed E-state index contributed by atoms with van der Waals surface area (Å²) in [5.74, 6) is 1.57. The summed E-state index contributed by atoms with van der Waals surface area (Å²) in [6, 6.07) is 5.29. The standard InChI is InChI=1S/C16H22ClF2NO/c1-10(2)11-3-5-12(6-4-11)20-13-7-8-15(14(17)9-13)21-16(18)19/h7-12,16,20H,3-6H2,1-2H3. The predicted octanol–water partition coefficient (Wildman–Crippen LogP) is 5.57. The van der Waals surface area contributed by atoms with Gasteiger partial charge in [-0.3, -0.25) is 0 Å². The van der Waals surface area contributed by atoms with E-state index < -0.39 is 6.61 Å². The Bertz CT molecular complexity index is 460. The number of benzene rings is 1. The molecule has 1 saturated carbocycles. The zero-order valence-corrected chi connectivity index (χ0v) is 13.2. The van der Waals surface area contributed by atoms with E-state index in [1.54, 1.807) is 12.1 Å². The lowest BCUT2D eigenvalue weighted by molar-refractivity contribution is -0.0497. The fourth-order valence-electron chi connectivity index (χ4n) is 2.95. The van der Waals surface area contributed by atoms with Crippen molar-refractivity contribution >= 4 is 17.3 Å². The van der Waals surface area contributed by atoms with E-state index in [9.17, 15) is 8.78 Å². The Morgan fingerprint density at radius 1 is 1.19 bits per heavy atom. The van der Waals surface area contributed by atoms with Crippen LogP contribution in [0.15, 0.2) is 18.2 Å². The van der Waals surface area contributed by atoms with E-state index in [4.69, 9.17) is 11.6 Å². The minimum atomic E-state index is -2.85. The summed E-state index contributed by atoms with van der Waals surface area (Å²) in [6.07, 6.45) is 4.73. The highest BCUT2D eigenvalue weighted by molar-refractivity contribution is 6.32. The molecule has 0 heterocycles. The highest BCUT2D eigenvalue weighted by atomic mass is 35.5. The van der Waals surface area contributed by atoms with Gasteiger partial charge in [-0.1, -0.05) is 25.4 Å². The van der Waals surface area contributed by atoms with E-state index in [0.717, 1.165) is 30.4 Å². The van der Waals surface area contributed by atoms with Crippen LogP contribution in [-0.2, 0) is 0 Å². The molecule has 5 heteroatoms. The van der Waals surface area contributed by atoms with Crippen LogP contribution in [0, 0.1) is 11.8 Å². The smallest absolute Gasteiger partial charge is 0.387 e. The maximum atomic E-state index is 12.2. The van der Waals surface area contributed by atoms with Crippen LogP contribution < -0.4 is 10.1 Å². The third-order valence-electron chi connectivity index (χ3n) is 4.23. The van der Waals surface area contributed by atoms with Crippen LogP contribution in [0.4, 0.5) is 14.5 Å². The maximum absolute atomic E-state index is 12.2. The molecule has 1 aliphatic carbocycles. The third kappa shape index (κ3) is 4.73. The fraction of sp³-hybridized carbons (Fsp3) is 0.625. The molecule has 2 nitrogen and oxygen atoms in total. The first-order chi connectivity index (χ1) is 9.95. The van der Waals surface area contributed by atoms with Crippen LogP contribution in [0.5, 0.6) is 5.75 Å². The van der Waals surface area contributed by atoms with E-state index in [1.165, 1.54) is 18.9 Å². The van der Waals surface area contributed by atoms with E-state index in [2.05, 4.69) is 23.9 Å². The molecule has 2 rings (SSSR count). The Morgan fingerprint density at radius 3 is 2.38 bits per heavy atom. The van der Waals surface area contributed by atoms with E-state index in [0.29, 0.717) is 6.04 Å². The summed E-state index contributed by atoms with van der Waals surface area (Å²) < 4.78 is 28.7. The molecule has 0 aromatic heterocycles. The first kappa shape index (κ1) is 16.3. The number of hydrogen-bond acceptors (Lipinski definition) is 2. The van der Waals surface area contributed by atoms with Gasteiger partial charge in [-0.2, -0.15) is 8.78 Å². The molecule has 0 amide bonds. The van der Waals surface area contributed by atoms with Crippen LogP contribution in [-0.4, -0.2) is 12.7 Å². The molecule has 0 atom stereocenters. The number of alkyl halides is 2. The molecule has 0 radical (unpaired) electrons. The van der Waals surface area contributed by atoms with Gasteiger partial charge in [-0.25, -0.2) is 0 Å². The van der Waals surface area contributed by atoms with Gasteiger partial charge in [0.2, 0.25) is 0 Å². The summed E-state index contributed by atoms with van der Waals surface area (Å²) in [5, 5.41) is 3.64. The predicted molar refractivity (Wildman–Crippen MR) is 82.3 cm³/mol. The van der Waals surface area contributed by atoms with Gasteiger partial charge >= 0.3 is 6.61 Å². The topological polar surface area (TPSA) is 21.3 Å². The normalized spacial score (nSPS) is 22.6. The molecule has 0 spiro atoms. The molecule has 0 bridgehead atoms. The number of nitrogens with one attached hydrogen (secondary N) is 1. The zero-order chi connectivity index (χ0) is 15.4. The number of anilines is 1. The Kier molecular flexibility index (Phi) is 5.68. The molecule has 1 N–H and O–H groups in total. The van der Waals surface area contributed by atoms with Crippen LogP contribution in [0.2, 0.25) is 5.02 Å². The van der Waals surface area contributed by atoms with Crippen LogP contribution in [0.25, 0.3) is 0 Å². The number of rotatable bonds is 5. The molecule has 0 aliphatic heterocycles. The molecule has 0 unspecified atom stereocenters. The highest BCUT2D eigenvalue weighted by Gasteiger charge is 2.23. The minimum absolute atomic E-state index is 0.0146. The molecule has 1 aromatic rings. The first-order valence-electron chi connectivity index (χ1n) is 7.46. The van der Waals surface area contributed by atoms with Crippen molar-refractivity contribution in [3.8, 4) is 5.75 Å². The first-order valence-corrected chi connectivity index (χ1v) is 7.84. The molecule has 1 fully saturated rings. The lowest BCUT2D eigenvalue weighted by atomic mass is 9.79. The van der Waals surface area contributed by atoms with Crippen molar-refractivity contribution in [2.24, 2.45) is 11.8 Å². The average Bonchev–Trinajstić information content (AvgIpc) is 2.42. The van der Waals surface area contributed by atoms with Crippen LogP contribution in [0.1, 0.15) is 39.5 Å². The summed E-state index contributed by atoms with van der Waals surface area (Å²) >= 11 is 5.96. The number of halogens is 3. The van der Waals surface area contributed by atoms with Gasteiger partial charge in [0.25, 0.3) is 0 Å². The SMILES string of the molecule is CC(C)C1CCC(Nc2ccc(OC(F)F)c(Cl)c2)CC1. The average molecular weight is 318 g/mol. The van der Waals surface area contributed by atoms with Gasteiger partial charge in [-0.05, 0) is 55.7 Å². The molecule has 1 aliphatic rings. The third-order valence-corrected chi connectivity index (χ3v) is 4.53. The lowest BCUT2D eigenvalue weighted by Gasteiger charge is -2.32. The summed E-state index contributed by atoms with van der Waals surface area (Å²) in [5.41, 5.74) is 0.856. The van der Waals surface area contributed by atoms with E-state index in [1.807, 2.05) is 0 Å². The Balaban J connectivity index is 1.91. The molecule has 21 heavy (non-hydrogen) atoms. The van der Waals surface area contributed by atoms with E-state index in [-0.39, 0.29) is 10.8 Å². The Morgan fingerprint density at radius 2 is 1.86 bits per heavy atom. The van der Waals surface area contributed by atoms with Gasteiger partial charge < -0.3 is 10.1 Å². The second kappa shape index (κ2) is 7.30. The summed E-state index contributed by atoms with van der Waals surface area (Å²) in [6.45, 7) is 1.70. The van der Waals surface area contributed by atoms with E-state index >= 15 is 0 Å². The molecule has 1 aromatic carbocycles. The van der Waals surface area contributed by atoms with Gasteiger partial charge in [0.1, 0.15) is 5.75 Å². The summed E-state index contributed by atoms with van der Waals surface area (Å²) in [4.78, 5) is 0. The second-order valence-electron chi connectivity index (χ2n) is 6.02. The van der Waals surface area contributed by atoms with Crippen molar-refractivity contribution in [3.05, 3.63) is 23.2 Å². The molecular weight excluding hydrogens is 296 g/mol. The highest BCUT2D eigenvalue weighted by Crippen LogP contribution is 2.33. The van der Waals surface area contributed by atoms with Crippen molar-refractivity contribution in [3.63, 3.8) is 0 Å². The van der Waals surface area contributed by atoms with Gasteiger partial charge in [0.05, 0.1) is 5.02 Å². The second-order valence-corrected chi connectivity index (χ2v) is 6.43. The maximum Gasteiger partial charge on any atom is 0.387 e. The Labute approximate surface area is 129 Å². The van der Waals surface area contributed by atoms with Gasteiger partial charge in [0.15, 0.2) is 0 Å². The van der Waals surface area contributed by atoms with Crippen LogP contribution >= 0.6 is 11.6 Å². The van der Waals surface area contributed by atoms with Crippen molar-refractivity contribution in [2.45, 2.75) is 52.2 Å². The number of ether oxygens (including phenoxy) is 1. The zero-order valence-electron chi connectivity index (χ0n) is 12.4. The lowest BCUT2D eigenvalue weighted by Crippen LogP contribution is -2.27. The van der Waals surface area contributed by atoms with Gasteiger partial charge in [-0.15, -0.1) is 0 Å². The van der Waals surface area contributed by atoms with Crippen molar-refractivity contribution < 1.29 is 13.5 Å². The molecule has 0 saturated heterocycles. The Hall–Kier alpha value is -1.03. The molecule has 118 valence electrons. The quantitative estimate of drug-likeness (QED) is 0.766. The monoisotopic (exact) mass is 317 g/mol. The van der Waals surface area contributed by atoms with Gasteiger partial charge in [0, 0.05) is 11.7 Å². The fourth-order valence-corrected chi connectivity index (χ4v) is 3.17. The number of hydrogen-bond donors (Lipinski definition) is 1. The largest absolute Gasteiger partial charge is 0.433 e. The van der Waals surface area contributed by atoms with Crippen molar-refractivity contribution in [1.82, 2.24) is 0 Å². The molecular formula is C16H22ClF2NO. The minimum Gasteiger partial charge on any atom is -0.433 e. The van der Waals surface area contributed by atoms with Crippen molar-refractivity contribution in [2.75, 3.05) is 5.32 Å². The summed E-state index contributed by atoms with van der Waals surface area (Å²) in [7, 11) is 0.